The lowest BCUT2D eigenvalue weighted by Gasteiger charge is -2.19. The van der Waals surface area contributed by atoms with Crippen LogP contribution in [0, 0.1) is 6.92 Å². The molecule has 120 valence electrons. The molecule has 2 rings (SSSR count). The van der Waals surface area contributed by atoms with Crippen LogP contribution in [0.3, 0.4) is 0 Å². The topological polar surface area (TPSA) is 60.5 Å². The quantitative estimate of drug-likeness (QED) is 0.796. The minimum Gasteiger partial charge on any atom is -0.490 e. The van der Waals surface area contributed by atoms with Crippen LogP contribution in [0.15, 0.2) is 16.0 Å². The van der Waals surface area contributed by atoms with Crippen molar-refractivity contribution in [2.45, 2.75) is 33.2 Å². The molecule has 0 saturated heterocycles. The number of halogens is 1. The van der Waals surface area contributed by atoms with Crippen LogP contribution in [-0.2, 0) is 4.74 Å². The van der Waals surface area contributed by atoms with Gasteiger partial charge in [-0.05, 0) is 61.3 Å². The summed E-state index contributed by atoms with van der Waals surface area (Å²) in [4.78, 5) is 15.9. The molecule has 0 spiro atoms. The van der Waals surface area contributed by atoms with Gasteiger partial charge in [-0.2, -0.15) is 0 Å². The molecule has 1 aromatic heterocycles. The molecule has 0 radical (unpaired) electrons. The maximum absolute atomic E-state index is 11.5. The minimum absolute atomic E-state index is 0.200. The van der Waals surface area contributed by atoms with Gasteiger partial charge in [0.05, 0.1) is 10.2 Å². The number of carbonyl (C=O) groups excluding carboxylic acids is 1. The van der Waals surface area contributed by atoms with E-state index in [1.807, 2.05) is 39.8 Å². The SMILES string of the molecule is Cc1cc(OCCOC(=O)NC(C)(C)C)cc2sc(Br)nc12. The summed E-state index contributed by atoms with van der Waals surface area (Å²) in [6.07, 6.45) is -0.436. The lowest BCUT2D eigenvalue weighted by molar-refractivity contribution is 0.118. The molecule has 0 atom stereocenters. The average Bonchev–Trinajstić information content (AvgIpc) is 2.74. The fraction of sp³-hybridized carbons (Fsp3) is 0.467. The zero-order chi connectivity index (χ0) is 16.3. The summed E-state index contributed by atoms with van der Waals surface area (Å²) in [6.45, 7) is 8.20. The fourth-order valence-corrected chi connectivity index (χ4v) is 3.35. The maximum atomic E-state index is 11.5. The highest BCUT2D eigenvalue weighted by molar-refractivity contribution is 9.11. The monoisotopic (exact) mass is 386 g/mol. The molecule has 0 fully saturated rings. The molecule has 2 aromatic rings. The Balaban J connectivity index is 1.86. The molecular weight excluding hydrogens is 368 g/mol. The second kappa shape index (κ2) is 6.83. The molecule has 0 unspecified atom stereocenters. The molecule has 22 heavy (non-hydrogen) atoms. The van der Waals surface area contributed by atoms with Gasteiger partial charge in [-0.25, -0.2) is 9.78 Å². The summed E-state index contributed by atoms with van der Waals surface area (Å²) in [5.74, 6) is 0.751. The number of nitrogens with one attached hydrogen (secondary N) is 1. The van der Waals surface area contributed by atoms with E-state index in [2.05, 4.69) is 26.2 Å². The van der Waals surface area contributed by atoms with Crippen molar-refractivity contribution < 1.29 is 14.3 Å². The van der Waals surface area contributed by atoms with Crippen LogP contribution >= 0.6 is 27.3 Å². The van der Waals surface area contributed by atoms with Crippen LogP contribution in [0.2, 0.25) is 0 Å². The normalized spacial score (nSPS) is 11.5. The van der Waals surface area contributed by atoms with E-state index in [1.165, 1.54) is 0 Å². The van der Waals surface area contributed by atoms with Crippen LogP contribution in [-0.4, -0.2) is 29.8 Å². The number of fused-ring (bicyclic) bond motifs is 1. The number of amides is 1. The molecule has 1 amide bonds. The Morgan fingerprint density at radius 1 is 1.36 bits per heavy atom. The largest absolute Gasteiger partial charge is 0.490 e. The number of hydrogen-bond acceptors (Lipinski definition) is 5. The smallest absolute Gasteiger partial charge is 0.407 e. The fourth-order valence-electron chi connectivity index (χ4n) is 1.86. The molecule has 0 saturated carbocycles. The highest BCUT2D eigenvalue weighted by atomic mass is 79.9. The van der Waals surface area contributed by atoms with E-state index < -0.39 is 6.09 Å². The van der Waals surface area contributed by atoms with Gasteiger partial charge >= 0.3 is 6.09 Å². The molecule has 5 nitrogen and oxygen atoms in total. The number of benzene rings is 1. The van der Waals surface area contributed by atoms with Crippen LogP contribution < -0.4 is 10.1 Å². The molecule has 0 aliphatic heterocycles. The van der Waals surface area contributed by atoms with Crippen molar-refractivity contribution in [3.63, 3.8) is 0 Å². The van der Waals surface area contributed by atoms with Crippen molar-refractivity contribution >= 4 is 43.6 Å². The van der Waals surface area contributed by atoms with E-state index >= 15 is 0 Å². The van der Waals surface area contributed by atoms with Gasteiger partial charge in [0.1, 0.15) is 19.0 Å². The van der Waals surface area contributed by atoms with Crippen LogP contribution in [0.5, 0.6) is 5.75 Å². The second-order valence-corrected chi connectivity index (χ2v) is 8.22. The summed E-state index contributed by atoms with van der Waals surface area (Å²) < 4.78 is 12.6. The van der Waals surface area contributed by atoms with E-state index in [1.54, 1.807) is 11.3 Å². The van der Waals surface area contributed by atoms with E-state index in [9.17, 15) is 4.79 Å². The van der Waals surface area contributed by atoms with Gasteiger partial charge in [0.25, 0.3) is 0 Å². The lowest BCUT2D eigenvalue weighted by Crippen LogP contribution is -2.41. The Morgan fingerprint density at radius 2 is 2.09 bits per heavy atom. The molecule has 1 aromatic carbocycles. The number of thiazole rings is 1. The Morgan fingerprint density at radius 3 is 2.77 bits per heavy atom. The third-order valence-corrected chi connectivity index (χ3v) is 4.15. The van der Waals surface area contributed by atoms with Crippen LogP contribution in [0.4, 0.5) is 4.79 Å². The number of carbonyl (C=O) groups is 1. The van der Waals surface area contributed by atoms with Crippen molar-refractivity contribution in [2.75, 3.05) is 13.2 Å². The van der Waals surface area contributed by atoms with Crippen molar-refractivity contribution in [3.05, 3.63) is 21.6 Å². The lowest BCUT2D eigenvalue weighted by atomic mass is 10.1. The molecule has 0 aliphatic carbocycles. The van der Waals surface area contributed by atoms with Gasteiger partial charge in [-0.1, -0.05) is 0 Å². The first-order valence-corrected chi connectivity index (χ1v) is 8.50. The molecule has 7 heteroatoms. The first kappa shape index (κ1) is 17.0. The van der Waals surface area contributed by atoms with Crippen LogP contribution in [0.1, 0.15) is 26.3 Å². The summed E-state index contributed by atoms with van der Waals surface area (Å²) in [6, 6.07) is 3.88. The Hall–Kier alpha value is -1.34. The van der Waals surface area contributed by atoms with E-state index in [0.717, 1.165) is 25.4 Å². The van der Waals surface area contributed by atoms with Crippen molar-refractivity contribution in [2.24, 2.45) is 0 Å². The molecular formula is C15H19BrN2O3S. The maximum Gasteiger partial charge on any atom is 0.407 e. The Labute approximate surface area is 142 Å². The number of ether oxygens (including phenoxy) is 2. The standard InChI is InChI=1S/C15H19BrN2O3S/c1-9-7-10(8-11-12(9)17-13(16)22-11)20-5-6-21-14(19)18-15(2,3)4/h7-8H,5-6H2,1-4H3,(H,18,19). The second-order valence-electron chi connectivity index (χ2n) is 5.91. The Kier molecular flexibility index (Phi) is 5.28. The molecule has 0 bridgehead atoms. The van der Waals surface area contributed by atoms with Gasteiger partial charge in [0, 0.05) is 5.54 Å². The van der Waals surface area contributed by atoms with E-state index in [-0.39, 0.29) is 12.1 Å². The predicted molar refractivity (Wildman–Crippen MR) is 91.8 cm³/mol. The third kappa shape index (κ3) is 4.84. The van der Waals surface area contributed by atoms with Gasteiger partial charge in [0.15, 0.2) is 3.92 Å². The van der Waals surface area contributed by atoms with E-state index in [4.69, 9.17) is 9.47 Å². The van der Waals surface area contributed by atoms with Crippen molar-refractivity contribution in [1.29, 1.82) is 0 Å². The summed E-state index contributed by atoms with van der Waals surface area (Å²) in [5, 5.41) is 2.73. The van der Waals surface area contributed by atoms with Crippen molar-refractivity contribution in [1.82, 2.24) is 10.3 Å². The number of nitrogens with zero attached hydrogens (tertiary/aromatic N) is 1. The number of aryl methyl sites for hydroxylation is 1. The zero-order valence-corrected chi connectivity index (χ0v) is 15.4. The molecule has 0 aliphatic rings. The molecule has 1 heterocycles. The number of rotatable bonds is 4. The number of aromatic nitrogens is 1. The van der Waals surface area contributed by atoms with E-state index in [0.29, 0.717) is 6.61 Å². The van der Waals surface area contributed by atoms with Crippen LogP contribution in [0.25, 0.3) is 10.2 Å². The van der Waals surface area contributed by atoms with Gasteiger partial charge in [-0.3, -0.25) is 0 Å². The number of alkyl carbamates (subject to hydrolysis) is 1. The first-order valence-electron chi connectivity index (χ1n) is 6.89. The van der Waals surface area contributed by atoms with Gasteiger partial charge < -0.3 is 14.8 Å². The highest BCUT2D eigenvalue weighted by Crippen LogP contribution is 2.31. The van der Waals surface area contributed by atoms with Crippen molar-refractivity contribution in [3.8, 4) is 5.75 Å². The Bertz CT molecular complexity index is 679. The van der Waals surface area contributed by atoms with Gasteiger partial charge in [0.2, 0.25) is 0 Å². The summed E-state index contributed by atoms with van der Waals surface area (Å²) in [7, 11) is 0. The predicted octanol–water partition coefficient (Wildman–Crippen LogP) is 4.27. The first-order chi connectivity index (χ1) is 10.2. The number of hydrogen-bond donors (Lipinski definition) is 1. The summed E-state index contributed by atoms with van der Waals surface area (Å²) in [5.41, 5.74) is 1.73. The average molecular weight is 387 g/mol. The summed E-state index contributed by atoms with van der Waals surface area (Å²) >= 11 is 4.95. The zero-order valence-electron chi connectivity index (χ0n) is 13.0. The van der Waals surface area contributed by atoms with Gasteiger partial charge in [-0.15, -0.1) is 11.3 Å². The minimum atomic E-state index is -0.436. The third-order valence-electron chi connectivity index (χ3n) is 2.70. The highest BCUT2D eigenvalue weighted by Gasteiger charge is 2.14. The molecule has 1 N–H and O–H groups in total.